The third-order valence-corrected chi connectivity index (χ3v) is 4.02. The molecule has 20 heavy (non-hydrogen) atoms. The van der Waals surface area contributed by atoms with Crippen molar-refractivity contribution in [3.8, 4) is 0 Å². The molecule has 0 aromatic heterocycles. The highest BCUT2D eigenvalue weighted by molar-refractivity contribution is 5.65. The van der Waals surface area contributed by atoms with E-state index in [2.05, 4.69) is 18.7 Å². The Morgan fingerprint density at radius 3 is 2.00 bits per heavy atom. The summed E-state index contributed by atoms with van der Waals surface area (Å²) in [6.45, 7) is 17.5. The minimum absolute atomic E-state index is 0.515. The lowest BCUT2D eigenvalue weighted by molar-refractivity contribution is -0.207. The van der Waals surface area contributed by atoms with Gasteiger partial charge in [0.25, 0.3) is 0 Å². The first-order valence-electron chi connectivity index (χ1n) is 7.06. The Labute approximate surface area is 123 Å². The molecule has 0 heterocycles. The van der Waals surface area contributed by atoms with Gasteiger partial charge in [0.1, 0.15) is 0 Å². The van der Waals surface area contributed by atoms with E-state index in [9.17, 15) is 5.11 Å². The summed E-state index contributed by atoms with van der Waals surface area (Å²) in [4.78, 5) is 0. The van der Waals surface area contributed by atoms with Gasteiger partial charge in [0.15, 0.2) is 0 Å². The highest BCUT2D eigenvalue weighted by Gasteiger charge is 2.41. The molecule has 0 amide bonds. The summed E-state index contributed by atoms with van der Waals surface area (Å²) in [5.41, 5.74) is 1.09. The van der Waals surface area contributed by atoms with Crippen molar-refractivity contribution in [2.45, 2.75) is 65.3 Å². The van der Waals surface area contributed by atoms with E-state index in [1.165, 1.54) is 0 Å². The minimum Gasteiger partial charge on any atom is -0.387 e. The predicted octanol–water partition coefficient (Wildman–Crippen LogP) is 4.52. The fraction of sp³-hybridized carbons (Fsp3) is 0.556. The molecule has 0 saturated carbocycles. The average Bonchev–Trinajstić information content (AvgIpc) is 2.26. The minimum atomic E-state index is -0.928. The molecule has 2 heteroatoms. The van der Waals surface area contributed by atoms with Gasteiger partial charge in [-0.05, 0) is 59.6 Å². The molecule has 0 radical (unpaired) electrons. The SMILES string of the molecule is C=C(C)c1ccccc1C(C)(C)OC(C)(C)C(C)(C)O. The molecule has 0 fully saturated rings. The highest BCUT2D eigenvalue weighted by Crippen LogP contribution is 2.38. The van der Waals surface area contributed by atoms with Crippen molar-refractivity contribution in [2.75, 3.05) is 0 Å². The van der Waals surface area contributed by atoms with Crippen LogP contribution in [0, 0.1) is 0 Å². The average molecular weight is 276 g/mol. The lowest BCUT2D eigenvalue weighted by atomic mass is 9.85. The van der Waals surface area contributed by atoms with Gasteiger partial charge in [-0.1, -0.05) is 36.4 Å². The third kappa shape index (κ3) is 3.50. The number of allylic oxidation sites excluding steroid dienone is 1. The smallest absolute Gasteiger partial charge is 0.0918 e. The quantitative estimate of drug-likeness (QED) is 0.856. The van der Waals surface area contributed by atoms with Crippen molar-refractivity contribution in [2.24, 2.45) is 0 Å². The van der Waals surface area contributed by atoms with Crippen molar-refractivity contribution in [3.05, 3.63) is 42.0 Å². The Hall–Kier alpha value is -1.12. The normalized spacial score (nSPS) is 13.4. The van der Waals surface area contributed by atoms with E-state index >= 15 is 0 Å². The summed E-state index contributed by atoms with van der Waals surface area (Å²) >= 11 is 0. The lowest BCUT2D eigenvalue weighted by Crippen LogP contribution is -2.51. The molecule has 0 bridgehead atoms. The summed E-state index contributed by atoms with van der Waals surface area (Å²) in [5, 5.41) is 10.3. The van der Waals surface area contributed by atoms with Crippen LogP contribution >= 0.6 is 0 Å². The van der Waals surface area contributed by atoms with Crippen LogP contribution < -0.4 is 0 Å². The van der Waals surface area contributed by atoms with E-state index in [-0.39, 0.29) is 0 Å². The first kappa shape index (κ1) is 16.9. The zero-order valence-corrected chi connectivity index (χ0v) is 13.9. The van der Waals surface area contributed by atoms with E-state index in [1.54, 1.807) is 13.8 Å². The maximum Gasteiger partial charge on any atom is 0.0918 e. The second kappa shape index (κ2) is 5.34. The summed E-state index contributed by atoms with van der Waals surface area (Å²) in [7, 11) is 0. The van der Waals surface area contributed by atoms with Crippen molar-refractivity contribution in [3.63, 3.8) is 0 Å². The summed E-state index contributed by atoms with van der Waals surface area (Å²) in [5.74, 6) is 0. The number of aliphatic hydroxyl groups is 1. The van der Waals surface area contributed by atoms with Crippen LogP contribution in [-0.2, 0) is 10.3 Å². The molecule has 0 aliphatic rings. The Balaban J connectivity index is 3.22. The number of hydrogen-bond acceptors (Lipinski definition) is 2. The lowest BCUT2D eigenvalue weighted by Gasteiger charge is -2.44. The fourth-order valence-electron chi connectivity index (χ4n) is 2.20. The molecule has 1 rings (SSSR count). The molecular formula is C18H28O2. The van der Waals surface area contributed by atoms with Gasteiger partial charge in [-0.2, -0.15) is 0 Å². The molecule has 1 aromatic rings. The predicted molar refractivity (Wildman–Crippen MR) is 85.6 cm³/mol. The van der Waals surface area contributed by atoms with Gasteiger partial charge < -0.3 is 9.84 Å². The Bertz CT molecular complexity index is 490. The molecule has 0 atom stereocenters. The molecule has 1 N–H and O–H groups in total. The standard InChI is InChI=1S/C18H28O2/c1-13(2)14-11-9-10-12-15(14)16(3,4)20-18(7,8)17(5,6)19/h9-12,19H,1H2,2-8H3. The summed E-state index contributed by atoms with van der Waals surface area (Å²) in [6, 6.07) is 8.12. The van der Waals surface area contributed by atoms with Gasteiger partial charge >= 0.3 is 0 Å². The van der Waals surface area contributed by atoms with Gasteiger partial charge in [-0.25, -0.2) is 0 Å². The zero-order valence-electron chi connectivity index (χ0n) is 13.9. The number of rotatable bonds is 5. The first-order chi connectivity index (χ1) is 8.88. The highest BCUT2D eigenvalue weighted by atomic mass is 16.5. The Kier molecular flexibility index (Phi) is 4.52. The van der Waals surface area contributed by atoms with E-state index in [1.807, 2.05) is 46.8 Å². The molecule has 0 aliphatic carbocycles. The molecule has 112 valence electrons. The van der Waals surface area contributed by atoms with Gasteiger partial charge in [0.05, 0.1) is 16.8 Å². The van der Waals surface area contributed by atoms with Crippen LogP contribution in [0.3, 0.4) is 0 Å². The van der Waals surface area contributed by atoms with Crippen molar-refractivity contribution in [1.82, 2.24) is 0 Å². The molecule has 0 unspecified atom stereocenters. The maximum absolute atomic E-state index is 10.3. The monoisotopic (exact) mass is 276 g/mol. The van der Waals surface area contributed by atoms with E-state index < -0.39 is 16.8 Å². The van der Waals surface area contributed by atoms with E-state index in [4.69, 9.17) is 4.74 Å². The van der Waals surface area contributed by atoms with Gasteiger partial charge in [-0.15, -0.1) is 0 Å². The molecule has 2 nitrogen and oxygen atoms in total. The van der Waals surface area contributed by atoms with Crippen LogP contribution in [0.5, 0.6) is 0 Å². The second-order valence-electron chi connectivity index (χ2n) is 7.01. The molecule has 0 aliphatic heterocycles. The molecule has 0 spiro atoms. The number of benzene rings is 1. The Morgan fingerprint density at radius 2 is 1.55 bits per heavy atom. The van der Waals surface area contributed by atoms with Crippen molar-refractivity contribution < 1.29 is 9.84 Å². The van der Waals surface area contributed by atoms with E-state index in [0.717, 1.165) is 16.7 Å². The molecule has 0 saturated heterocycles. The van der Waals surface area contributed by atoms with Gasteiger partial charge in [0, 0.05) is 0 Å². The molecule has 1 aromatic carbocycles. The largest absolute Gasteiger partial charge is 0.387 e. The maximum atomic E-state index is 10.3. The topological polar surface area (TPSA) is 29.5 Å². The summed E-state index contributed by atoms with van der Waals surface area (Å²) < 4.78 is 6.28. The van der Waals surface area contributed by atoms with Crippen LogP contribution in [0.4, 0.5) is 0 Å². The van der Waals surface area contributed by atoms with Crippen LogP contribution in [0.25, 0.3) is 5.57 Å². The number of ether oxygens (including phenoxy) is 1. The second-order valence-corrected chi connectivity index (χ2v) is 7.01. The third-order valence-electron chi connectivity index (χ3n) is 4.02. The van der Waals surface area contributed by atoms with Crippen LogP contribution in [0.1, 0.15) is 59.6 Å². The van der Waals surface area contributed by atoms with Crippen molar-refractivity contribution in [1.29, 1.82) is 0 Å². The first-order valence-corrected chi connectivity index (χ1v) is 7.06. The zero-order chi connectivity index (χ0) is 15.8. The Morgan fingerprint density at radius 1 is 1.05 bits per heavy atom. The van der Waals surface area contributed by atoms with Crippen LogP contribution in [0.2, 0.25) is 0 Å². The van der Waals surface area contributed by atoms with Gasteiger partial charge in [0.2, 0.25) is 0 Å². The van der Waals surface area contributed by atoms with Crippen LogP contribution in [0.15, 0.2) is 30.8 Å². The van der Waals surface area contributed by atoms with Crippen LogP contribution in [-0.4, -0.2) is 16.3 Å². The fourth-order valence-corrected chi connectivity index (χ4v) is 2.20. The number of hydrogen-bond donors (Lipinski definition) is 1. The van der Waals surface area contributed by atoms with E-state index in [0.29, 0.717) is 0 Å². The molecular weight excluding hydrogens is 248 g/mol. The van der Waals surface area contributed by atoms with Crippen molar-refractivity contribution >= 4 is 5.57 Å². The summed E-state index contributed by atoms with van der Waals surface area (Å²) in [6.07, 6.45) is 0. The van der Waals surface area contributed by atoms with Gasteiger partial charge in [-0.3, -0.25) is 0 Å².